The molecule has 1 saturated heterocycles. The summed E-state index contributed by atoms with van der Waals surface area (Å²) in [7, 11) is 0. The topological polar surface area (TPSA) is 3.24 Å². The highest BCUT2D eigenvalue weighted by Gasteiger charge is 2.13. The van der Waals surface area contributed by atoms with Gasteiger partial charge in [-0.2, -0.15) is 0 Å². The number of nitrogens with zero attached hydrogens (tertiary/aromatic N) is 1. The minimum Gasteiger partial charge on any atom is -0.303 e. The first kappa shape index (κ1) is 11.2. The molecule has 2 rings (SSSR count). The highest BCUT2D eigenvalue weighted by atomic mass is 32.1. The summed E-state index contributed by atoms with van der Waals surface area (Å²) in [5.74, 6) is 0.807. The number of hydrogen-bond acceptors (Lipinski definition) is 2. The molecule has 0 spiro atoms. The van der Waals surface area contributed by atoms with Gasteiger partial charge in [0.15, 0.2) is 0 Å². The molecule has 1 nitrogen and oxygen atoms in total. The van der Waals surface area contributed by atoms with Crippen molar-refractivity contribution >= 4 is 11.3 Å². The molecular formula is C13H21NS. The summed E-state index contributed by atoms with van der Waals surface area (Å²) in [5.41, 5.74) is 0. The fourth-order valence-corrected chi connectivity index (χ4v) is 3.29. The summed E-state index contributed by atoms with van der Waals surface area (Å²) in [6, 6.07) is 4.42. The van der Waals surface area contributed by atoms with Gasteiger partial charge >= 0.3 is 0 Å². The van der Waals surface area contributed by atoms with Crippen molar-refractivity contribution in [3.63, 3.8) is 0 Å². The normalized spacial score (nSPS) is 20.3. The van der Waals surface area contributed by atoms with Crippen molar-refractivity contribution < 1.29 is 0 Å². The SMILES string of the molecule is CC(Cc1cccs1)CN1CCCCC1. The largest absolute Gasteiger partial charge is 0.303 e. The standard InChI is InChI=1S/C13H21NS/c1-12(10-13-6-5-9-15-13)11-14-7-3-2-4-8-14/h5-6,9,12H,2-4,7-8,10-11H2,1H3. The summed E-state index contributed by atoms with van der Waals surface area (Å²) >= 11 is 1.89. The zero-order valence-electron chi connectivity index (χ0n) is 9.61. The molecule has 0 aromatic carbocycles. The van der Waals surface area contributed by atoms with Crippen LogP contribution >= 0.6 is 11.3 Å². The molecule has 1 aromatic heterocycles. The van der Waals surface area contributed by atoms with Gasteiger partial charge in [0, 0.05) is 11.4 Å². The summed E-state index contributed by atoms with van der Waals surface area (Å²) in [4.78, 5) is 4.18. The molecule has 15 heavy (non-hydrogen) atoms. The van der Waals surface area contributed by atoms with Crippen LogP contribution in [0.5, 0.6) is 0 Å². The highest BCUT2D eigenvalue weighted by Crippen LogP contribution is 2.17. The van der Waals surface area contributed by atoms with Gasteiger partial charge in [0.05, 0.1) is 0 Å². The molecule has 2 heterocycles. The molecule has 0 bridgehead atoms. The molecule has 1 aromatic rings. The van der Waals surface area contributed by atoms with Crippen LogP contribution in [0.3, 0.4) is 0 Å². The van der Waals surface area contributed by atoms with Crippen LogP contribution in [0.15, 0.2) is 17.5 Å². The van der Waals surface area contributed by atoms with E-state index in [0.29, 0.717) is 0 Å². The number of likely N-dealkylation sites (tertiary alicyclic amines) is 1. The molecule has 0 radical (unpaired) electrons. The number of thiophene rings is 1. The molecule has 0 aliphatic carbocycles. The summed E-state index contributed by atoms with van der Waals surface area (Å²) in [6.45, 7) is 6.33. The van der Waals surface area contributed by atoms with Crippen LogP contribution in [0.25, 0.3) is 0 Å². The Morgan fingerprint density at radius 3 is 2.80 bits per heavy atom. The van der Waals surface area contributed by atoms with Crippen LogP contribution < -0.4 is 0 Å². The number of hydrogen-bond donors (Lipinski definition) is 0. The Kier molecular flexibility index (Phi) is 4.21. The van der Waals surface area contributed by atoms with Gasteiger partial charge in [-0.25, -0.2) is 0 Å². The van der Waals surface area contributed by atoms with Crippen molar-refractivity contribution in [2.75, 3.05) is 19.6 Å². The van der Waals surface area contributed by atoms with Crippen LogP contribution in [-0.4, -0.2) is 24.5 Å². The Balaban J connectivity index is 1.74. The van der Waals surface area contributed by atoms with Crippen LogP contribution in [0.1, 0.15) is 31.1 Å². The zero-order chi connectivity index (χ0) is 10.5. The third kappa shape index (κ3) is 3.62. The second-order valence-corrected chi connectivity index (χ2v) is 5.78. The molecular weight excluding hydrogens is 202 g/mol. The lowest BCUT2D eigenvalue weighted by Gasteiger charge is -2.28. The predicted molar refractivity (Wildman–Crippen MR) is 67.5 cm³/mol. The monoisotopic (exact) mass is 223 g/mol. The summed E-state index contributed by atoms with van der Waals surface area (Å²) in [5, 5.41) is 2.18. The second kappa shape index (κ2) is 5.66. The van der Waals surface area contributed by atoms with Crippen molar-refractivity contribution in [3.8, 4) is 0 Å². The minimum absolute atomic E-state index is 0.807. The van der Waals surface area contributed by atoms with Gasteiger partial charge in [0.25, 0.3) is 0 Å². The molecule has 0 saturated carbocycles. The van der Waals surface area contributed by atoms with Gasteiger partial charge in [-0.15, -0.1) is 11.3 Å². The Hall–Kier alpha value is -0.340. The van der Waals surface area contributed by atoms with Crippen LogP contribution in [0, 0.1) is 5.92 Å². The molecule has 1 fully saturated rings. The average molecular weight is 223 g/mol. The van der Waals surface area contributed by atoms with E-state index in [-0.39, 0.29) is 0 Å². The molecule has 1 aliphatic heterocycles. The maximum atomic E-state index is 2.64. The maximum Gasteiger partial charge on any atom is 0.00483 e. The van der Waals surface area contributed by atoms with E-state index in [4.69, 9.17) is 0 Å². The molecule has 1 aliphatic rings. The van der Waals surface area contributed by atoms with Crippen molar-refractivity contribution in [3.05, 3.63) is 22.4 Å². The minimum atomic E-state index is 0.807. The average Bonchev–Trinajstić information content (AvgIpc) is 2.71. The zero-order valence-corrected chi connectivity index (χ0v) is 10.4. The first-order chi connectivity index (χ1) is 7.34. The van der Waals surface area contributed by atoms with Crippen molar-refractivity contribution in [2.24, 2.45) is 5.92 Å². The van der Waals surface area contributed by atoms with Gasteiger partial charge in [-0.1, -0.05) is 19.4 Å². The van der Waals surface area contributed by atoms with Gasteiger partial charge in [0.1, 0.15) is 0 Å². The lowest BCUT2D eigenvalue weighted by molar-refractivity contribution is 0.200. The Bertz CT molecular complexity index is 262. The van der Waals surface area contributed by atoms with Gasteiger partial charge < -0.3 is 4.90 Å². The van der Waals surface area contributed by atoms with Crippen molar-refractivity contribution in [2.45, 2.75) is 32.6 Å². The lowest BCUT2D eigenvalue weighted by Crippen LogP contribution is -2.33. The molecule has 1 atom stereocenters. The molecule has 1 unspecified atom stereocenters. The molecule has 84 valence electrons. The van der Waals surface area contributed by atoms with E-state index < -0.39 is 0 Å². The van der Waals surface area contributed by atoms with Gasteiger partial charge in [-0.3, -0.25) is 0 Å². The van der Waals surface area contributed by atoms with E-state index in [1.54, 1.807) is 4.88 Å². The molecule has 2 heteroatoms. The van der Waals surface area contributed by atoms with Gasteiger partial charge in [0.2, 0.25) is 0 Å². The van der Waals surface area contributed by atoms with Gasteiger partial charge in [-0.05, 0) is 49.7 Å². The number of rotatable bonds is 4. The third-order valence-corrected chi connectivity index (χ3v) is 4.05. The van der Waals surface area contributed by atoms with Crippen LogP contribution in [0.2, 0.25) is 0 Å². The summed E-state index contributed by atoms with van der Waals surface area (Å²) < 4.78 is 0. The van der Waals surface area contributed by atoms with Crippen LogP contribution in [-0.2, 0) is 6.42 Å². The Labute approximate surface area is 97.1 Å². The Morgan fingerprint density at radius 2 is 2.13 bits per heavy atom. The smallest absolute Gasteiger partial charge is 0.00483 e. The van der Waals surface area contributed by atoms with E-state index in [9.17, 15) is 0 Å². The maximum absolute atomic E-state index is 2.64. The first-order valence-electron chi connectivity index (χ1n) is 6.09. The molecule has 0 amide bonds. The summed E-state index contributed by atoms with van der Waals surface area (Å²) in [6.07, 6.45) is 5.52. The van der Waals surface area contributed by atoms with E-state index in [0.717, 1.165) is 5.92 Å². The van der Waals surface area contributed by atoms with E-state index in [1.807, 2.05) is 11.3 Å². The first-order valence-corrected chi connectivity index (χ1v) is 6.97. The van der Waals surface area contributed by atoms with Crippen molar-refractivity contribution in [1.82, 2.24) is 4.90 Å². The lowest BCUT2D eigenvalue weighted by atomic mass is 10.0. The Morgan fingerprint density at radius 1 is 1.33 bits per heavy atom. The molecule has 0 N–H and O–H groups in total. The third-order valence-electron chi connectivity index (χ3n) is 3.15. The van der Waals surface area contributed by atoms with E-state index >= 15 is 0 Å². The fraction of sp³-hybridized carbons (Fsp3) is 0.692. The quantitative estimate of drug-likeness (QED) is 0.756. The predicted octanol–water partition coefficient (Wildman–Crippen LogP) is 3.41. The second-order valence-electron chi connectivity index (χ2n) is 4.75. The van der Waals surface area contributed by atoms with Crippen molar-refractivity contribution in [1.29, 1.82) is 0 Å². The van der Waals surface area contributed by atoms with E-state index in [2.05, 4.69) is 29.3 Å². The fourth-order valence-electron chi connectivity index (χ4n) is 2.42. The number of piperidine rings is 1. The van der Waals surface area contributed by atoms with E-state index in [1.165, 1.54) is 45.3 Å². The van der Waals surface area contributed by atoms with Crippen LogP contribution in [0.4, 0.5) is 0 Å². The highest BCUT2D eigenvalue weighted by molar-refractivity contribution is 7.09.